The minimum Gasteiger partial charge on any atom is -0.508 e. The van der Waals surface area contributed by atoms with E-state index in [-0.39, 0.29) is 17.4 Å². The number of hydrogen-bond donors (Lipinski definition) is 2. The molecule has 0 fully saturated rings. The molecule has 5 heteroatoms. The van der Waals surface area contributed by atoms with E-state index in [4.69, 9.17) is 12.3 Å². The summed E-state index contributed by atoms with van der Waals surface area (Å²) in [4.78, 5) is 11.9. The van der Waals surface area contributed by atoms with E-state index in [1.807, 2.05) is 32.1 Å². The van der Waals surface area contributed by atoms with E-state index in [9.17, 15) is 9.90 Å². The Morgan fingerprint density at radius 2 is 2.00 bits per heavy atom. The maximum atomic E-state index is 11.9. The summed E-state index contributed by atoms with van der Waals surface area (Å²) in [6.07, 6.45) is 4.31. The monoisotopic (exact) mass is 346 g/mol. The van der Waals surface area contributed by atoms with Crippen LogP contribution in [-0.2, 0) is 6.42 Å². The van der Waals surface area contributed by atoms with Crippen LogP contribution in [0.5, 0.6) is 5.75 Å². The second kappa shape index (κ2) is 6.91. The van der Waals surface area contributed by atoms with E-state index in [0.29, 0.717) is 28.9 Å². The van der Waals surface area contributed by atoms with E-state index in [1.54, 1.807) is 19.1 Å². The van der Waals surface area contributed by atoms with Crippen molar-refractivity contribution in [3.8, 4) is 5.75 Å². The second-order valence-corrected chi connectivity index (χ2v) is 6.75. The number of aromatic hydroxyl groups is 1. The second-order valence-electron chi connectivity index (χ2n) is 6.75. The molecule has 0 saturated carbocycles. The zero-order chi connectivity index (χ0) is 19.0. The van der Waals surface area contributed by atoms with Crippen LogP contribution in [-0.4, -0.2) is 19.0 Å². The largest absolute Gasteiger partial charge is 0.508 e. The van der Waals surface area contributed by atoms with Crippen LogP contribution in [0.2, 0.25) is 0 Å². The van der Waals surface area contributed by atoms with Gasteiger partial charge in [-0.2, -0.15) is 0 Å². The molecule has 0 aliphatic heterocycles. The SMILES string of the molecule is [B]/C([CH2])=C(/NC(C)Cc1ccc(C)c(O)c1)c1c(C)oc(=O)c2c1C=C2. The molecule has 1 unspecified atom stereocenters. The lowest BCUT2D eigenvalue weighted by molar-refractivity contribution is 0.470. The fourth-order valence-corrected chi connectivity index (χ4v) is 3.15. The molecular formula is C21H21BNO3. The van der Waals surface area contributed by atoms with E-state index >= 15 is 0 Å². The highest BCUT2D eigenvalue weighted by molar-refractivity contribution is 6.26. The summed E-state index contributed by atoms with van der Waals surface area (Å²) in [5.74, 6) is 0.793. The molecule has 0 saturated heterocycles. The summed E-state index contributed by atoms with van der Waals surface area (Å²) < 4.78 is 5.33. The highest BCUT2D eigenvalue weighted by Crippen LogP contribution is 2.32. The van der Waals surface area contributed by atoms with E-state index < -0.39 is 0 Å². The van der Waals surface area contributed by atoms with Gasteiger partial charge in [0, 0.05) is 22.9 Å². The van der Waals surface area contributed by atoms with Gasteiger partial charge >= 0.3 is 5.63 Å². The van der Waals surface area contributed by atoms with Crippen LogP contribution >= 0.6 is 0 Å². The molecule has 1 aromatic heterocycles. The molecule has 3 rings (SSSR count). The molecule has 131 valence electrons. The maximum Gasteiger partial charge on any atom is 0.343 e. The van der Waals surface area contributed by atoms with Crippen molar-refractivity contribution in [1.82, 2.24) is 5.32 Å². The molecule has 0 amide bonds. The Bertz CT molecular complexity index is 981. The molecule has 0 spiro atoms. The first-order valence-electron chi connectivity index (χ1n) is 8.50. The zero-order valence-electron chi connectivity index (χ0n) is 15.2. The van der Waals surface area contributed by atoms with Crippen LogP contribution in [0.3, 0.4) is 0 Å². The predicted molar refractivity (Wildman–Crippen MR) is 106 cm³/mol. The Kier molecular flexibility index (Phi) is 4.81. The van der Waals surface area contributed by atoms with Crippen LogP contribution in [0.25, 0.3) is 17.8 Å². The number of allylic oxidation sites excluding steroid dienone is 1. The molecule has 0 bridgehead atoms. The van der Waals surface area contributed by atoms with Crippen molar-refractivity contribution in [2.45, 2.75) is 33.2 Å². The minimum absolute atomic E-state index is 0.0263. The number of rotatable bonds is 5. The highest BCUT2D eigenvalue weighted by Gasteiger charge is 2.23. The Balaban J connectivity index is 1.87. The molecule has 1 atom stereocenters. The fourth-order valence-electron chi connectivity index (χ4n) is 3.15. The van der Waals surface area contributed by atoms with Crippen molar-refractivity contribution in [2.24, 2.45) is 0 Å². The van der Waals surface area contributed by atoms with Gasteiger partial charge < -0.3 is 14.8 Å². The number of fused-ring (bicyclic) bond motifs is 1. The van der Waals surface area contributed by atoms with E-state index in [2.05, 4.69) is 12.2 Å². The van der Waals surface area contributed by atoms with Gasteiger partial charge in [0.15, 0.2) is 0 Å². The number of aryl methyl sites for hydroxylation is 2. The van der Waals surface area contributed by atoms with Crippen molar-refractivity contribution in [1.29, 1.82) is 0 Å². The van der Waals surface area contributed by atoms with Gasteiger partial charge in [0.25, 0.3) is 0 Å². The van der Waals surface area contributed by atoms with Gasteiger partial charge in [-0.3, -0.25) is 0 Å². The van der Waals surface area contributed by atoms with Crippen molar-refractivity contribution >= 4 is 25.7 Å². The van der Waals surface area contributed by atoms with Gasteiger partial charge in [-0.15, -0.1) is 0 Å². The van der Waals surface area contributed by atoms with Gasteiger partial charge in [-0.25, -0.2) is 4.79 Å². The summed E-state index contributed by atoms with van der Waals surface area (Å²) in [5, 5.41) is 13.3. The lowest BCUT2D eigenvalue weighted by atomic mass is 9.86. The molecule has 2 N–H and O–H groups in total. The summed E-state index contributed by atoms with van der Waals surface area (Å²) in [5.41, 5.74) is 4.72. The number of phenolic OH excluding ortho intramolecular Hbond substituents is 1. The highest BCUT2D eigenvalue weighted by atomic mass is 16.4. The molecule has 2 aromatic rings. The molecule has 3 radical (unpaired) electrons. The lowest BCUT2D eigenvalue weighted by Gasteiger charge is -2.24. The minimum atomic E-state index is -0.339. The van der Waals surface area contributed by atoms with Crippen LogP contribution in [0.15, 0.2) is 32.9 Å². The van der Waals surface area contributed by atoms with Crippen LogP contribution in [0.1, 0.15) is 40.5 Å². The third-order valence-electron chi connectivity index (χ3n) is 4.57. The first-order valence-corrected chi connectivity index (χ1v) is 8.50. The fraction of sp³-hybridized carbons (Fsp3) is 0.238. The molecule has 1 aliphatic carbocycles. The van der Waals surface area contributed by atoms with Crippen LogP contribution in [0.4, 0.5) is 0 Å². The van der Waals surface area contributed by atoms with Gasteiger partial charge in [0.2, 0.25) is 0 Å². The van der Waals surface area contributed by atoms with Crippen molar-refractivity contribution < 1.29 is 9.52 Å². The van der Waals surface area contributed by atoms with Gasteiger partial charge in [0.1, 0.15) is 19.4 Å². The van der Waals surface area contributed by atoms with Crippen molar-refractivity contribution in [3.63, 3.8) is 0 Å². The normalized spacial score (nSPS) is 14.3. The topological polar surface area (TPSA) is 62.5 Å². The first kappa shape index (κ1) is 18.1. The number of nitrogens with one attached hydrogen (secondary N) is 1. The van der Waals surface area contributed by atoms with Crippen LogP contribution in [0, 0.1) is 20.8 Å². The standard InChI is InChI=1S/C21H21BNO3/c1-11-5-6-15(10-18(11)24)9-12(2)23-20(13(3)22)19-14(4)26-21(25)17-8-7-16(17)19/h5-8,10,12,23-24H,3,9H2,1-2,4H3/b20-13+. The Morgan fingerprint density at radius 3 is 2.58 bits per heavy atom. The average molecular weight is 346 g/mol. The average Bonchev–Trinajstić information content (AvgIpc) is 2.51. The van der Waals surface area contributed by atoms with Crippen molar-refractivity contribution in [2.75, 3.05) is 0 Å². The van der Waals surface area contributed by atoms with E-state index in [0.717, 1.165) is 22.3 Å². The Morgan fingerprint density at radius 1 is 1.31 bits per heavy atom. The number of phenols is 1. The third-order valence-corrected chi connectivity index (χ3v) is 4.57. The quantitative estimate of drug-likeness (QED) is 0.696. The molecular weight excluding hydrogens is 325 g/mol. The Hall–Kier alpha value is -2.69. The maximum absolute atomic E-state index is 11.9. The number of hydrogen-bond acceptors (Lipinski definition) is 4. The predicted octanol–water partition coefficient (Wildman–Crippen LogP) is 3.34. The summed E-state index contributed by atoms with van der Waals surface area (Å²) in [7, 11) is 6.03. The van der Waals surface area contributed by atoms with Gasteiger partial charge in [-0.1, -0.05) is 23.7 Å². The number of benzene rings is 1. The first-order chi connectivity index (χ1) is 12.3. The smallest absolute Gasteiger partial charge is 0.343 e. The van der Waals surface area contributed by atoms with E-state index in [1.165, 1.54) is 0 Å². The summed E-state index contributed by atoms with van der Waals surface area (Å²) in [6, 6.07) is 5.69. The molecule has 4 nitrogen and oxygen atoms in total. The molecule has 1 heterocycles. The molecule has 1 aromatic carbocycles. The van der Waals surface area contributed by atoms with Gasteiger partial charge in [0.05, 0.1) is 5.56 Å². The summed E-state index contributed by atoms with van der Waals surface area (Å²) >= 11 is 0. The molecule has 26 heavy (non-hydrogen) atoms. The summed E-state index contributed by atoms with van der Waals surface area (Å²) in [6.45, 7) is 9.50. The van der Waals surface area contributed by atoms with Crippen LogP contribution < -0.4 is 10.9 Å². The molecule has 1 aliphatic rings. The van der Waals surface area contributed by atoms with Gasteiger partial charge in [-0.05, 0) is 57.4 Å². The van der Waals surface area contributed by atoms with Crippen molar-refractivity contribution in [3.05, 3.63) is 74.6 Å². The third kappa shape index (κ3) is 3.34. The zero-order valence-corrected chi connectivity index (χ0v) is 15.2. The Labute approximate surface area is 154 Å². The lowest BCUT2D eigenvalue weighted by Crippen LogP contribution is -2.29.